The van der Waals surface area contributed by atoms with E-state index in [4.69, 9.17) is 20.3 Å². The lowest BCUT2D eigenvalue weighted by molar-refractivity contribution is -0.0551. The fourth-order valence-electron chi connectivity index (χ4n) is 2.35. The van der Waals surface area contributed by atoms with Gasteiger partial charge in [0.05, 0.1) is 26.4 Å². The normalized spacial score (nSPS) is 20.5. The molecule has 5 heteroatoms. The summed E-state index contributed by atoms with van der Waals surface area (Å²) in [6.45, 7) is 3.71. The summed E-state index contributed by atoms with van der Waals surface area (Å²) < 4.78 is 10.8. The lowest BCUT2D eigenvalue weighted by Crippen LogP contribution is -2.43. The SMILES string of the molecule is COc1cc(CN2CCOC(CO)C2)ccc1CN. The summed E-state index contributed by atoms with van der Waals surface area (Å²) in [6, 6.07) is 6.12. The van der Waals surface area contributed by atoms with E-state index in [1.807, 2.05) is 12.1 Å². The van der Waals surface area contributed by atoms with Gasteiger partial charge in [0.15, 0.2) is 0 Å². The van der Waals surface area contributed by atoms with Crippen LogP contribution in [-0.2, 0) is 17.8 Å². The van der Waals surface area contributed by atoms with E-state index in [9.17, 15) is 0 Å². The molecule has 3 N–H and O–H groups in total. The Hall–Kier alpha value is -1.14. The van der Waals surface area contributed by atoms with Gasteiger partial charge in [-0.2, -0.15) is 0 Å². The van der Waals surface area contributed by atoms with Crippen molar-refractivity contribution in [2.24, 2.45) is 5.73 Å². The number of aliphatic hydroxyl groups excluding tert-OH is 1. The molecule has 1 atom stereocenters. The first kappa shape index (κ1) is 14.3. The Morgan fingerprint density at radius 2 is 2.37 bits per heavy atom. The highest BCUT2D eigenvalue weighted by atomic mass is 16.5. The highest BCUT2D eigenvalue weighted by Crippen LogP contribution is 2.21. The first-order valence-corrected chi connectivity index (χ1v) is 6.57. The van der Waals surface area contributed by atoms with Crippen molar-refractivity contribution < 1.29 is 14.6 Å². The number of nitrogens with two attached hydrogens (primary N) is 1. The largest absolute Gasteiger partial charge is 0.496 e. The van der Waals surface area contributed by atoms with Crippen molar-refractivity contribution in [1.82, 2.24) is 4.90 Å². The molecule has 0 aromatic heterocycles. The molecule has 0 spiro atoms. The Morgan fingerprint density at radius 1 is 1.53 bits per heavy atom. The molecule has 2 rings (SSSR count). The van der Waals surface area contributed by atoms with Crippen LogP contribution >= 0.6 is 0 Å². The molecule has 19 heavy (non-hydrogen) atoms. The van der Waals surface area contributed by atoms with E-state index in [1.165, 1.54) is 5.56 Å². The van der Waals surface area contributed by atoms with Crippen LogP contribution in [0.15, 0.2) is 18.2 Å². The zero-order valence-electron chi connectivity index (χ0n) is 11.3. The smallest absolute Gasteiger partial charge is 0.123 e. The van der Waals surface area contributed by atoms with Gasteiger partial charge in [-0.15, -0.1) is 0 Å². The molecule has 1 aromatic carbocycles. The number of benzene rings is 1. The summed E-state index contributed by atoms with van der Waals surface area (Å²) in [6.07, 6.45) is -0.0704. The van der Waals surface area contributed by atoms with Gasteiger partial charge in [0.25, 0.3) is 0 Å². The van der Waals surface area contributed by atoms with Gasteiger partial charge >= 0.3 is 0 Å². The third-order valence-corrected chi connectivity index (χ3v) is 3.40. The Kier molecular flexibility index (Phi) is 5.15. The van der Waals surface area contributed by atoms with Crippen molar-refractivity contribution in [1.29, 1.82) is 0 Å². The van der Waals surface area contributed by atoms with Gasteiger partial charge in [0, 0.05) is 31.7 Å². The van der Waals surface area contributed by atoms with Crippen LogP contribution in [-0.4, -0.2) is 49.5 Å². The van der Waals surface area contributed by atoms with Gasteiger partial charge in [0.2, 0.25) is 0 Å². The third kappa shape index (κ3) is 3.67. The van der Waals surface area contributed by atoms with Crippen molar-refractivity contribution in [3.05, 3.63) is 29.3 Å². The van der Waals surface area contributed by atoms with Crippen molar-refractivity contribution in [3.63, 3.8) is 0 Å². The predicted octanol–water partition coefficient (Wildman–Crippen LogP) is 0.347. The minimum Gasteiger partial charge on any atom is -0.496 e. The fraction of sp³-hybridized carbons (Fsp3) is 0.571. The minimum absolute atomic E-state index is 0.0704. The van der Waals surface area contributed by atoms with Crippen LogP contribution in [0.25, 0.3) is 0 Å². The maximum Gasteiger partial charge on any atom is 0.123 e. The number of rotatable bonds is 5. The van der Waals surface area contributed by atoms with E-state index in [0.29, 0.717) is 13.2 Å². The fourth-order valence-corrected chi connectivity index (χ4v) is 2.35. The number of morpholine rings is 1. The lowest BCUT2D eigenvalue weighted by atomic mass is 10.1. The zero-order chi connectivity index (χ0) is 13.7. The zero-order valence-corrected chi connectivity index (χ0v) is 11.3. The van der Waals surface area contributed by atoms with Crippen LogP contribution in [0.5, 0.6) is 5.75 Å². The monoisotopic (exact) mass is 266 g/mol. The molecule has 1 aliphatic heterocycles. The maximum atomic E-state index is 9.14. The van der Waals surface area contributed by atoms with Gasteiger partial charge in [-0.05, 0) is 11.6 Å². The van der Waals surface area contributed by atoms with Crippen LogP contribution in [0.1, 0.15) is 11.1 Å². The van der Waals surface area contributed by atoms with Gasteiger partial charge in [-0.25, -0.2) is 0 Å². The molecule has 0 radical (unpaired) electrons. The van der Waals surface area contributed by atoms with Crippen molar-refractivity contribution in [2.75, 3.05) is 33.4 Å². The predicted molar refractivity (Wildman–Crippen MR) is 73.0 cm³/mol. The van der Waals surface area contributed by atoms with Gasteiger partial charge in [0.1, 0.15) is 5.75 Å². The quantitative estimate of drug-likeness (QED) is 0.805. The first-order chi connectivity index (χ1) is 9.26. The summed E-state index contributed by atoms with van der Waals surface area (Å²) >= 11 is 0. The summed E-state index contributed by atoms with van der Waals surface area (Å²) in [4.78, 5) is 2.28. The van der Waals surface area contributed by atoms with E-state index >= 15 is 0 Å². The molecule has 0 amide bonds. The van der Waals surface area contributed by atoms with Gasteiger partial charge < -0.3 is 20.3 Å². The molecule has 0 saturated carbocycles. The van der Waals surface area contributed by atoms with Crippen LogP contribution in [0, 0.1) is 0 Å². The number of ether oxygens (including phenoxy) is 2. The van der Waals surface area contributed by atoms with Crippen LogP contribution in [0.4, 0.5) is 0 Å². The molecule has 0 bridgehead atoms. The molecule has 1 unspecified atom stereocenters. The summed E-state index contributed by atoms with van der Waals surface area (Å²) in [7, 11) is 1.66. The molecule has 106 valence electrons. The number of hydrogen-bond acceptors (Lipinski definition) is 5. The molecular formula is C14H22N2O3. The third-order valence-electron chi connectivity index (χ3n) is 3.40. The van der Waals surface area contributed by atoms with E-state index in [-0.39, 0.29) is 12.7 Å². The Morgan fingerprint density at radius 3 is 3.05 bits per heavy atom. The van der Waals surface area contributed by atoms with Gasteiger partial charge in [-0.3, -0.25) is 4.90 Å². The molecule has 1 saturated heterocycles. The molecule has 1 aliphatic rings. The van der Waals surface area contributed by atoms with Crippen LogP contribution in [0.3, 0.4) is 0 Å². The minimum atomic E-state index is -0.0704. The van der Waals surface area contributed by atoms with Gasteiger partial charge in [-0.1, -0.05) is 12.1 Å². The second kappa shape index (κ2) is 6.86. The highest BCUT2D eigenvalue weighted by molar-refractivity contribution is 5.37. The average Bonchev–Trinajstić information content (AvgIpc) is 2.47. The van der Waals surface area contributed by atoms with E-state index in [2.05, 4.69) is 11.0 Å². The van der Waals surface area contributed by atoms with E-state index < -0.39 is 0 Å². The summed E-state index contributed by atoms with van der Waals surface area (Å²) in [5.41, 5.74) is 7.86. The average molecular weight is 266 g/mol. The second-order valence-electron chi connectivity index (χ2n) is 4.76. The highest BCUT2D eigenvalue weighted by Gasteiger charge is 2.19. The molecule has 1 fully saturated rings. The van der Waals surface area contributed by atoms with E-state index in [1.54, 1.807) is 7.11 Å². The Labute approximate surface area is 113 Å². The second-order valence-corrected chi connectivity index (χ2v) is 4.76. The number of methoxy groups -OCH3 is 1. The van der Waals surface area contributed by atoms with Crippen molar-refractivity contribution >= 4 is 0 Å². The molecule has 0 aliphatic carbocycles. The van der Waals surface area contributed by atoms with Crippen molar-refractivity contribution in [3.8, 4) is 5.75 Å². The van der Waals surface area contributed by atoms with Crippen molar-refractivity contribution in [2.45, 2.75) is 19.2 Å². The molecule has 1 heterocycles. The molecule has 5 nitrogen and oxygen atoms in total. The Bertz CT molecular complexity index is 412. The van der Waals surface area contributed by atoms with Crippen LogP contribution < -0.4 is 10.5 Å². The standard InChI is InChI=1S/C14H22N2O3/c1-18-14-6-11(2-3-12(14)7-15)8-16-4-5-19-13(9-16)10-17/h2-3,6,13,17H,4-5,7-10,15H2,1H3. The number of hydrogen-bond donors (Lipinski definition) is 2. The first-order valence-electron chi connectivity index (χ1n) is 6.57. The van der Waals surface area contributed by atoms with E-state index in [0.717, 1.165) is 30.9 Å². The number of aliphatic hydroxyl groups is 1. The maximum absolute atomic E-state index is 9.14. The topological polar surface area (TPSA) is 68.0 Å². The Balaban J connectivity index is 2.02. The summed E-state index contributed by atoms with van der Waals surface area (Å²) in [5.74, 6) is 0.840. The lowest BCUT2D eigenvalue weighted by Gasteiger charge is -2.32. The summed E-state index contributed by atoms with van der Waals surface area (Å²) in [5, 5.41) is 9.14. The number of nitrogens with zero attached hydrogens (tertiary/aromatic N) is 1. The van der Waals surface area contributed by atoms with Crippen LogP contribution in [0.2, 0.25) is 0 Å². The molecular weight excluding hydrogens is 244 g/mol. The molecule has 1 aromatic rings.